The van der Waals surface area contributed by atoms with E-state index < -0.39 is 6.10 Å². The molecule has 0 aliphatic carbocycles. The fourth-order valence-electron chi connectivity index (χ4n) is 5.69. The van der Waals surface area contributed by atoms with Gasteiger partial charge in [0.25, 0.3) is 0 Å². The minimum Gasteiger partial charge on any atom is -0.462 e. The van der Waals surface area contributed by atoms with E-state index in [1.807, 2.05) is 0 Å². The van der Waals surface area contributed by atoms with Crippen LogP contribution in [0.3, 0.4) is 0 Å². The molecule has 272 valence electrons. The molecule has 6 nitrogen and oxygen atoms in total. The lowest BCUT2D eigenvalue weighted by molar-refractivity contribution is -0.167. The largest absolute Gasteiger partial charge is 0.462 e. The number of hydrogen-bond donors (Lipinski definition) is 0. The lowest BCUT2D eigenvalue weighted by Crippen LogP contribution is -2.30. The molecule has 0 fully saturated rings. The number of esters is 3. The van der Waals surface area contributed by atoms with Crippen LogP contribution in [0.15, 0.2) is 0 Å². The summed E-state index contributed by atoms with van der Waals surface area (Å²) in [5.74, 6) is 0.646. The molecule has 0 bridgehead atoms. The van der Waals surface area contributed by atoms with Crippen LogP contribution >= 0.6 is 0 Å². The van der Waals surface area contributed by atoms with Crippen molar-refractivity contribution in [3.8, 4) is 0 Å². The molecule has 0 heterocycles. The zero-order chi connectivity index (χ0) is 34.1. The van der Waals surface area contributed by atoms with Gasteiger partial charge in [-0.05, 0) is 31.1 Å². The molecule has 0 spiro atoms. The molecule has 0 aromatic heterocycles. The summed E-state index contributed by atoms with van der Waals surface area (Å²) >= 11 is 0. The zero-order valence-corrected chi connectivity index (χ0v) is 31.2. The number of rotatable bonds is 34. The molecular weight excluding hydrogens is 576 g/mol. The summed E-state index contributed by atoms with van der Waals surface area (Å²) in [5.41, 5.74) is 0. The SMILES string of the molecule is CCCCCCCCCCCCC(=O)OC[C@H](COC(=O)CCCCCCCCC(C)C)OC(=O)CCCCCCCCC(C)C. The summed E-state index contributed by atoms with van der Waals surface area (Å²) in [5, 5.41) is 0. The highest BCUT2D eigenvalue weighted by molar-refractivity contribution is 5.71. The fraction of sp³-hybridized carbons (Fsp3) is 0.925. The first kappa shape index (κ1) is 44.4. The summed E-state index contributed by atoms with van der Waals surface area (Å²) < 4.78 is 16.6. The van der Waals surface area contributed by atoms with Crippen molar-refractivity contribution in [3.63, 3.8) is 0 Å². The van der Waals surface area contributed by atoms with E-state index in [9.17, 15) is 14.4 Å². The van der Waals surface area contributed by atoms with Crippen LogP contribution in [-0.2, 0) is 28.6 Å². The van der Waals surface area contributed by atoms with Crippen molar-refractivity contribution in [2.75, 3.05) is 13.2 Å². The van der Waals surface area contributed by atoms with E-state index >= 15 is 0 Å². The summed E-state index contributed by atoms with van der Waals surface area (Å²) in [7, 11) is 0. The van der Waals surface area contributed by atoms with E-state index in [1.54, 1.807) is 0 Å². The summed E-state index contributed by atoms with van der Waals surface area (Å²) in [4.78, 5) is 37.4. The fourth-order valence-corrected chi connectivity index (χ4v) is 5.69. The number of carbonyl (C=O) groups is 3. The Kier molecular flexibility index (Phi) is 32.2. The topological polar surface area (TPSA) is 78.9 Å². The van der Waals surface area contributed by atoms with Crippen molar-refractivity contribution >= 4 is 17.9 Å². The highest BCUT2D eigenvalue weighted by Gasteiger charge is 2.19. The average molecular weight is 653 g/mol. The predicted octanol–water partition coefficient (Wildman–Crippen LogP) is 11.8. The number of hydrogen-bond acceptors (Lipinski definition) is 6. The van der Waals surface area contributed by atoms with Gasteiger partial charge in [0.15, 0.2) is 6.10 Å². The maximum absolute atomic E-state index is 12.6. The van der Waals surface area contributed by atoms with Gasteiger partial charge in [0, 0.05) is 19.3 Å². The molecule has 6 heteroatoms. The van der Waals surface area contributed by atoms with E-state index in [2.05, 4.69) is 34.6 Å². The molecule has 0 N–H and O–H groups in total. The maximum atomic E-state index is 12.6. The third-order valence-electron chi connectivity index (χ3n) is 8.72. The van der Waals surface area contributed by atoms with Crippen molar-refractivity contribution < 1.29 is 28.6 Å². The second kappa shape index (κ2) is 33.3. The van der Waals surface area contributed by atoms with E-state index in [0.29, 0.717) is 19.3 Å². The van der Waals surface area contributed by atoms with Crippen molar-refractivity contribution in [2.24, 2.45) is 11.8 Å². The third kappa shape index (κ3) is 33.8. The van der Waals surface area contributed by atoms with Crippen molar-refractivity contribution in [3.05, 3.63) is 0 Å². The van der Waals surface area contributed by atoms with Crippen LogP contribution in [0, 0.1) is 11.8 Å². The highest BCUT2D eigenvalue weighted by Crippen LogP contribution is 2.15. The normalized spacial score (nSPS) is 12.1. The van der Waals surface area contributed by atoms with Gasteiger partial charge in [0.1, 0.15) is 13.2 Å². The Balaban J connectivity index is 4.36. The van der Waals surface area contributed by atoms with Gasteiger partial charge in [0.05, 0.1) is 0 Å². The van der Waals surface area contributed by atoms with E-state index in [0.717, 1.165) is 69.6 Å². The zero-order valence-electron chi connectivity index (χ0n) is 31.2. The van der Waals surface area contributed by atoms with E-state index in [1.165, 1.54) is 96.3 Å². The second-order valence-electron chi connectivity index (χ2n) is 14.5. The monoisotopic (exact) mass is 653 g/mol. The summed E-state index contributed by atoms with van der Waals surface area (Å²) in [6.45, 7) is 11.2. The van der Waals surface area contributed by atoms with Crippen LogP contribution in [0.25, 0.3) is 0 Å². The molecule has 0 aromatic carbocycles. The highest BCUT2D eigenvalue weighted by atomic mass is 16.6. The standard InChI is InChI=1S/C40H76O6/c1-6-7-8-9-10-11-12-13-20-25-30-38(41)44-33-37(46-40(43)32-27-22-17-15-19-24-29-36(4)5)34-45-39(42)31-26-21-16-14-18-23-28-35(2)3/h35-37H,6-34H2,1-5H3/t37-/m1/s1. The Morgan fingerprint density at radius 3 is 1.07 bits per heavy atom. The molecule has 0 aliphatic heterocycles. The van der Waals surface area contributed by atoms with Crippen LogP contribution in [-0.4, -0.2) is 37.2 Å². The molecule has 0 radical (unpaired) electrons. The number of unbranched alkanes of at least 4 members (excludes halogenated alkanes) is 19. The minimum absolute atomic E-state index is 0.0676. The molecule has 0 aromatic rings. The molecule has 46 heavy (non-hydrogen) atoms. The molecule has 0 aliphatic rings. The molecular formula is C40H76O6. The van der Waals surface area contributed by atoms with Gasteiger partial charge in [-0.1, -0.05) is 169 Å². The van der Waals surface area contributed by atoms with Gasteiger partial charge in [-0.25, -0.2) is 0 Å². The van der Waals surface area contributed by atoms with Crippen LogP contribution in [0.1, 0.15) is 208 Å². The predicted molar refractivity (Wildman–Crippen MR) is 192 cm³/mol. The van der Waals surface area contributed by atoms with Crippen LogP contribution < -0.4 is 0 Å². The molecule has 0 saturated carbocycles. The lowest BCUT2D eigenvalue weighted by atomic mass is 10.0. The van der Waals surface area contributed by atoms with Gasteiger partial charge < -0.3 is 14.2 Å². The van der Waals surface area contributed by atoms with Gasteiger partial charge in [-0.15, -0.1) is 0 Å². The Labute approximate surface area is 285 Å². The van der Waals surface area contributed by atoms with Crippen molar-refractivity contribution in [1.29, 1.82) is 0 Å². The Morgan fingerprint density at radius 1 is 0.413 bits per heavy atom. The first-order valence-electron chi connectivity index (χ1n) is 19.7. The number of ether oxygens (including phenoxy) is 3. The lowest BCUT2D eigenvalue weighted by Gasteiger charge is -2.18. The third-order valence-corrected chi connectivity index (χ3v) is 8.72. The molecule has 1 atom stereocenters. The van der Waals surface area contributed by atoms with Gasteiger partial charge in [-0.3, -0.25) is 14.4 Å². The van der Waals surface area contributed by atoms with Gasteiger partial charge in [0.2, 0.25) is 0 Å². The van der Waals surface area contributed by atoms with Crippen LogP contribution in [0.4, 0.5) is 0 Å². The minimum atomic E-state index is -0.759. The van der Waals surface area contributed by atoms with Crippen molar-refractivity contribution in [1.82, 2.24) is 0 Å². The van der Waals surface area contributed by atoms with Gasteiger partial charge in [-0.2, -0.15) is 0 Å². The smallest absolute Gasteiger partial charge is 0.306 e. The summed E-state index contributed by atoms with van der Waals surface area (Å²) in [6.07, 6.45) is 28.3. The average Bonchev–Trinajstić information content (AvgIpc) is 3.01. The Bertz CT molecular complexity index is 704. The second-order valence-corrected chi connectivity index (χ2v) is 14.5. The number of carbonyl (C=O) groups excluding carboxylic acids is 3. The van der Waals surface area contributed by atoms with Gasteiger partial charge >= 0.3 is 17.9 Å². The van der Waals surface area contributed by atoms with E-state index in [-0.39, 0.29) is 31.1 Å². The maximum Gasteiger partial charge on any atom is 0.306 e. The molecule has 0 unspecified atom stereocenters. The quantitative estimate of drug-likeness (QED) is 0.0391. The van der Waals surface area contributed by atoms with Crippen LogP contribution in [0.2, 0.25) is 0 Å². The molecule has 0 amide bonds. The molecule has 0 saturated heterocycles. The first-order chi connectivity index (χ1) is 22.2. The first-order valence-corrected chi connectivity index (χ1v) is 19.7. The van der Waals surface area contributed by atoms with E-state index in [4.69, 9.17) is 14.2 Å². The van der Waals surface area contributed by atoms with Crippen molar-refractivity contribution in [2.45, 2.75) is 214 Å². The Morgan fingerprint density at radius 2 is 0.717 bits per heavy atom. The summed E-state index contributed by atoms with van der Waals surface area (Å²) in [6, 6.07) is 0. The molecule has 0 rings (SSSR count). The van der Waals surface area contributed by atoms with Crippen LogP contribution in [0.5, 0.6) is 0 Å². The Hall–Kier alpha value is -1.59.